The third-order valence-corrected chi connectivity index (χ3v) is 7.16. The number of amides is 1. The lowest BCUT2D eigenvalue weighted by atomic mass is 10.2. The molecule has 5 rings (SSSR count). The van der Waals surface area contributed by atoms with Gasteiger partial charge in [0, 0.05) is 30.5 Å². The van der Waals surface area contributed by atoms with Crippen molar-refractivity contribution in [1.82, 2.24) is 29.3 Å². The Kier molecular flexibility index (Phi) is 6.45. The molecular weight excluding hydrogens is 527 g/mol. The monoisotopic (exact) mass is 546 g/mol. The number of hydrogen-bond acceptors (Lipinski definition) is 9. The summed E-state index contributed by atoms with van der Waals surface area (Å²) in [6.07, 6.45) is 6.44. The van der Waals surface area contributed by atoms with Crippen LogP contribution in [0, 0.1) is 5.82 Å². The molecule has 0 aliphatic heterocycles. The summed E-state index contributed by atoms with van der Waals surface area (Å²) in [7, 11) is -2.74. The van der Waals surface area contributed by atoms with Gasteiger partial charge in [-0.05, 0) is 42.5 Å². The molecule has 12 nitrogen and oxygen atoms in total. The van der Waals surface area contributed by atoms with Crippen LogP contribution in [0.2, 0.25) is 0 Å². The number of hydrogen-bond donors (Lipinski definition) is 2. The third kappa shape index (κ3) is 5.00. The van der Waals surface area contributed by atoms with E-state index in [4.69, 9.17) is 0 Å². The predicted octanol–water partition coefficient (Wildman–Crippen LogP) is 2.75. The second-order valence-corrected chi connectivity index (χ2v) is 10.1. The van der Waals surface area contributed by atoms with Crippen LogP contribution in [0.15, 0.2) is 94.6 Å². The van der Waals surface area contributed by atoms with Gasteiger partial charge in [-0.2, -0.15) is 10.1 Å². The molecule has 0 fully saturated rings. The highest BCUT2D eigenvalue weighted by Crippen LogP contribution is 2.24. The number of halogens is 1. The molecule has 0 atom stereocenters. The number of carbonyl (C=O) groups excluding carboxylic acids is 1. The lowest BCUT2D eigenvalue weighted by Gasteiger charge is -2.14. The molecule has 0 unspecified atom stereocenters. The Hall–Kier alpha value is -5.24. The molecule has 4 heterocycles. The molecule has 0 aliphatic rings. The number of nitrogens with zero attached hydrogens (tertiary/aromatic N) is 6. The fourth-order valence-corrected chi connectivity index (χ4v) is 5.00. The standard InChI is InChI=1S/C25H19FN8O4S/c1-3-21(35)30-17-5-4-6-19(10-17)34-23-15(11-28-25(32-23)31-18-13-29-33(2)14-18)9-20(24(34)36)39(37,38)22-8-7-16(26)12-27-22/h3-14H,1H2,2H3,(H,30,35)(H,28,31,32). The van der Waals surface area contributed by atoms with Gasteiger partial charge in [-0.3, -0.25) is 18.8 Å². The second kappa shape index (κ2) is 9.90. The number of nitrogens with one attached hydrogen (secondary N) is 2. The molecule has 2 N–H and O–H groups in total. The number of fused-ring (bicyclic) bond motifs is 1. The average molecular weight is 547 g/mol. The van der Waals surface area contributed by atoms with Crippen LogP contribution in [0.1, 0.15) is 0 Å². The minimum Gasteiger partial charge on any atom is -0.322 e. The Labute approximate surface area is 220 Å². The minimum atomic E-state index is -4.47. The molecular formula is C25H19FN8O4S. The van der Waals surface area contributed by atoms with Gasteiger partial charge in [-0.15, -0.1) is 0 Å². The van der Waals surface area contributed by atoms with Gasteiger partial charge in [-0.25, -0.2) is 22.8 Å². The van der Waals surface area contributed by atoms with Crippen LogP contribution in [-0.4, -0.2) is 43.6 Å². The minimum absolute atomic E-state index is 0.0830. The first-order valence-electron chi connectivity index (χ1n) is 11.2. The Bertz CT molecular complexity index is 1920. The largest absolute Gasteiger partial charge is 0.322 e. The topological polar surface area (TPSA) is 154 Å². The molecule has 5 aromatic rings. The highest BCUT2D eigenvalue weighted by Gasteiger charge is 2.26. The summed E-state index contributed by atoms with van der Waals surface area (Å²) in [6, 6.07) is 9.24. The Morgan fingerprint density at radius 1 is 1.08 bits per heavy atom. The maximum absolute atomic E-state index is 13.8. The SMILES string of the molecule is C=CC(=O)Nc1cccc(-n2c(=O)c(S(=O)(=O)c3ccc(F)cn3)cc3cnc(Nc4cnn(C)c4)nc32)c1. The smallest absolute Gasteiger partial charge is 0.276 e. The molecule has 0 saturated heterocycles. The molecule has 4 aromatic heterocycles. The number of aromatic nitrogens is 6. The summed E-state index contributed by atoms with van der Waals surface area (Å²) in [6.45, 7) is 3.42. The maximum atomic E-state index is 13.8. The van der Waals surface area contributed by atoms with Crippen molar-refractivity contribution < 1.29 is 17.6 Å². The van der Waals surface area contributed by atoms with Gasteiger partial charge in [0.15, 0.2) is 10.7 Å². The van der Waals surface area contributed by atoms with E-state index in [1.807, 2.05) is 0 Å². The molecule has 196 valence electrons. The van der Waals surface area contributed by atoms with E-state index in [9.17, 15) is 22.4 Å². The first-order valence-corrected chi connectivity index (χ1v) is 12.7. The molecule has 1 amide bonds. The van der Waals surface area contributed by atoms with Crippen molar-refractivity contribution in [1.29, 1.82) is 0 Å². The molecule has 0 saturated carbocycles. The first-order chi connectivity index (χ1) is 18.7. The van der Waals surface area contributed by atoms with E-state index in [0.717, 1.165) is 35.0 Å². The van der Waals surface area contributed by atoms with E-state index in [0.29, 0.717) is 11.4 Å². The summed E-state index contributed by atoms with van der Waals surface area (Å²) < 4.78 is 42.9. The van der Waals surface area contributed by atoms with Crippen molar-refractivity contribution in [3.63, 3.8) is 0 Å². The zero-order valence-corrected chi connectivity index (χ0v) is 21.1. The number of carbonyl (C=O) groups is 1. The summed E-state index contributed by atoms with van der Waals surface area (Å²) in [4.78, 5) is 37.4. The van der Waals surface area contributed by atoms with Crippen molar-refractivity contribution in [2.24, 2.45) is 7.05 Å². The van der Waals surface area contributed by atoms with Crippen LogP contribution in [-0.2, 0) is 21.7 Å². The van der Waals surface area contributed by atoms with Gasteiger partial charge < -0.3 is 10.6 Å². The predicted molar refractivity (Wildman–Crippen MR) is 140 cm³/mol. The van der Waals surface area contributed by atoms with E-state index in [1.165, 1.54) is 12.3 Å². The molecule has 0 aliphatic carbocycles. The van der Waals surface area contributed by atoms with Crippen LogP contribution in [0.5, 0.6) is 0 Å². The van der Waals surface area contributed by atoms with E-state index < -0.39 is 37.0 Å². The van der Waals surface area contributed by atoms with E-state index in [1.54, 1.807) is 42.3 Å². The van der Waals surface area contributed by atoms with Crippen molar-refractivity contribution in [3.05, 3.63) is 96.1 Å². The van der Waals surface area contributed by atoms with Crippen LogP contribution >= 0.6 is 0 Å². The maximum Gasteiger partial charge on any atom is 0.276 e. The quantitative estimate of drug-likeness (QED) is 0.293. The van der Waals surface area contributed by atoms with Crippen molar-refractivity contribution in [2.75, 3.05) is 10.6 Å². The third-order valence-electron chi connectivity index (χ3n) is 5.49. The van der Waals surface area contributed by atoms with Crippen molar-refractivity contribution in [2.45, 2.75) is 9.92 Å². The lowest BCUT2D eigenvalue weighted by molar-refractivity contribution is -0.111. The van der Waals surface area contributed by atoms with E-state index >= 15 is 0 Å². The number of benzene rings is 1. The fourth-order valence-electron chi connectivity index (χ4n) is 3.73. The van der Waals surface area contributed by atoms with E-state index in [2.05, 4.69) is 37.3 Å². The number of aryl methyl sites for hydroxylation is 1. The number of anilines is 3. The van der Waals surface area contributed by atoms with Crippen molar-refractivity contribution >= 4 is 44.1 Å². The van der Waals surface area contributed by atoms with Crippen LogP contribution < -0.4 is 16.2 Å². The van der Waals surface area contributed by atoms with Gasteiger partial charge in [0.2, 0.25) is 21.7 Å². The van der Waals surface area contributed by atoms with Gasteiger partial charge >= 0.3 is 0 Å². The van der Waals surface area contributed by atoms with Crippen molar-refractivity contribution in [3.8, 4) is 5.69 Å². The van der Waals surface area contributed by atoms with E-state index in [-0.39, 0.29) is 22.7 Å². The summed E-state index contributed by atoms with van der Waals surface area (Å²) in [5.41, 5.74) is 0.267. The molecule has 0 spiro atoms. The van der Waals surface area contributed by atoms with Crippen LogP contribution in [0.3, 0.4) is 0 Å². The average Bonchev–Trinajstić information content (AvgIpc) is 3.32. The molecule has 0 radical (unpaired) electrons. The first kappa shape index (κ1) is 25.4. The zero-order valence-electron chi connectivity index (χ0n) is 20.2. The molecule has 39 heavy (non-hydrogen) atoms. The van der Waals surface area contributed by atoms with Gasteiger partial charge in [0.1, 0.15) is 10.7 Å². The van der Waals surface area contributed by atoms with Gasteiger partial charge in [-0.1, -0.05) is 12.6 Å². The molecule has 1 aromatic carbocycles. The van der Waals surface area contributed by atoms with Gasteiger partial charge in [0.25, 0.3) is 5.56 Å². The zero-order chi connectivity index (χ0) is 27.7. The highest BCUT2D eigenvalue weighted by atomic mass is 32.2. The van der Waals surface area contributed by atoms with Gasteiger partial charge in [0.05, 0.1) is 23.8 Å². The van der Waals surface area contributed by atoms with Crippen LogP contribution in [0.25, 0.3) is 16.7 Å². The fraction of sp³-hybridized carbons (Fsp3) is 0.0400. The number of pyridine rings is 2. The highest BCUT2D eigenvalue weighted by molar-refractivity contribution is 7.91. The van der Waals surface area contributed by atoms with Crippen LogP contribution in [0.4, 0.5) is 21.7 Å². The second-order valence-electron chi connectivity index (χ2n) is 8.21. The Morgan fingerprint density at radius 2 is 1.90 bits per heavy atom. The molecule has 14 heteroatoms. The lowest BCUT2D eigenvalue weighted by Crippen LogP contribution is -2.26. The number of rotatable bonds is 7. The molecule has 0 bridgehead atoms. The number of sulfone groups is 1. The Morgan fingerprint density at radius 3 is 2.59 bits per heavy atom. The summed E-state index contributed by atoms with van der Waals surface area (Å²) in [5, 5.41) is 9.37. The summed E-state index contributed by atoms with van der Waals surface area (Å²) in [5.74, 6) is -1.09. The summed E-state index contributed by atoms with van der Waals surface area (Å²) >= 11 is 0. The Balaban J connectivity index is 1.75. The normalized spacial score (nSPS) is 11.3.